The molecule has 0 saturated heterocycles. The fourth-order valence-corrected chi connectivity index (χ4v) is 3.38. The Kier molecular flexibility index (Phi) is 6.12. The van der Waals surface area contributed by atoms with Crippen LogP contribution in [0.2, 0.25) is 5.02 Å². The fourth-order valence-electron chi connectivity index (χ4n) is 1.77. The first-order chi connectivity index (χ1) is 8.43. The highest BCUT2D eigenvalue weighted by atomic mass is 35.5. The van der Waals surface area contributed by atoms with Crippen LogP contribution in [-0.4, -0.2) is 26.0 Å². The topological polar surface area (TPSA) is 60.2 Å². The van der Waals surface area contributed by atoms with E-state index in [4.69, 9.17) is 17.3 Å². The highest BCUT2D eigenvalue weighted by molar-refractivity contribution is 7.91. The van der Waals surface area contributed by atoms with E-state index in [0.717, 1.165) is 5.56 Å². The van der Waals surface area contributed by atoms with Gasteiger partial charge in [0.25, 0.3) is 0 Å². The molecular formula is C13H20ClNO2S. The average Bonchev–Trinajstić information content (AvgIpc) is 2.30. The molecule has 0 saturated carbocycles. The summed E-state index contributed by atoms with van der Waals surface area (Å²) < 4.78 is 23.1. The maximum atomic E-state index is 11.6. The Morgan fingerprint density at radius 1 is 1.22 bits per heavy atom. The normalized spacial score (nSPS) is 13.5. The number of hydrogen-bond donors (Lipinski definition) is 1. The van der Waals surface area contributed by atoms with Crippen LogP contribution >= 0.6 is 11.6 Å². The van der Waals surface area contributed by atoms with Gasteiger partial charge in [0.15, 0.2) is 0 Å². The molecule has 0 spiro atoms. The van der Waals surface area contributed by atoms with Gasteiger partial charge >= 0.3 is 0 Å². The van der Waals surface area contributed by atoms with Crippen LogP contribution in [0.5, 0.6) is 0 Å². The Balaban J connectivity index is 2.42. The van der Waals surface area contributed by atoms with Gasteiger partial charge in [-0.05, 0) is 37.0 Å². The quantitative estimate of drug-likeness (QED) is 0.838. The van der Waals surface area contributed by atoms with Gasteiger partial charge in [0, 0.05) is 16.8 Å². The van der Waals surface area contributed by atoms with Crippen molar-refractivity contribution < 1.29 is 8.42 Å². The number of benzene rings is 1. The van der Waals surface area contributed by atoms with Crippen molar-refractivity contribution in [2.24, 2.45) is 5.73 Å². The van der Waals surface area contributed by atoms with Crippen LogP contribution in [0.3, 0.4) is 0 Å². The van der Waals surface area contributed by atoms with Gasteiger partial charge in [-0.15, -0.1) is 0 Å². The van der Waals surface area contributed by atoms with E-state index in [9.17, 15) is 8.42 Å². The SMILES string of the molecule is CCCS(=O)(=O)CCC(N)Cc1ccc(Cl)cc1. The second kappa shape index (κ2) is 7.12. The van der Waals surface area contributed by atoms with Crippen molar-refractivity contribution in [1.82, 2.24) is 0 Å². The molecule has 102 valence electrons. The van der Waals surface area contributed by atoms with Crippen molar-refractivity contribution in [2.45, 2.75) is 32.2 Å². The van der Waals surface area contributed by atoms with Gasteiger partial charge in [-0.1, -0.05) is 30.7 Å². The van der Waals surface area contributed by atoms with E-state index in [-0.39, 0.29) is 17.5 Å². The predicted molar refractivity (Wildman–Crippen MR) is 76.7 cm³/mol. The molecule has 0 heterocycles. The molecule has 0 fully saturated rings. The van der Waals surface area contributed by atoms with Crippen LogP contribution in [0.15, 0.2) is 24.3 Å². The first-order valence-corrected chi connectivity index (χ1v) is 8.33. The third kappa shape index (κ3) is 5.85. The molecule has 3 nitrogen and oxygen atoms in total. The fraction of sp³-hybridized carbons (Fsp3) is 0.538. The molecule has 1 aromatic rings. The molecule has 1 rings (SSSR count). The zero-order valence-electron chi connectivity index (χ0n) is 10.6. The van der Waals surface area contributed by atoms with Crippen molar-refractivity contribution >= 4 is 21.4 Å². The summed E-state index contributed by atoms with van der Waals surface area (Å²) in [4.78, 5) is 0. The van der Waals surface area contributed by atoms with Gasteiger partial charge in [-0.25, -0.2) is 8.42 Å². The minimum Gasteiger partial charge on any atom is -0.327 e. The van der Waals surface area contributed by atoms with Crippen molar-refractivity contribution in [3.63, 3.8) is 0 Å². The Labute approximate surface area is 114 Å². The van der Waals surface area contributed by atoms with Crippen molar-refractivity contribution in [3.05, 3.63) is 34.9 Å². The van der Waals surface area contributed by atoms with E-state index in [1.165, 1.54) is 0 Å². The lowest BCUT2D eigenvalue weighted by atomic mass is 10.1. The number of sulfone groups is 1. The van der Waals surface area contributed by atoms with Gasteiger partial charge in [0.05, 0.1) is 5.75 Å². The zero-order chi connectivity index (χ0) is 13.6. The standard InChI is InChI=1S/C13H20ClNO2S/c1-2-8-18(16,17)9-7-13(15)10-11-3-5-12(14)6-4-11/h3-6,13H,2,7-10,15H2,1H3. The van der Waals surface area contributed by atoms with Gasteiger partial charge in [0.1, 0.15) is 9.84 Å². The molecule has 0 aromatic heterocycles. The number of rotatable bonds is 7. The Morgan fingerprint density at radius 2 is 1.83 bits per heavy atom. The minimum absolute atomic E-state index is 0.127. The summed E-state index contributed by atoms with van der Waals surface area (Å²) in [7, 11) is -2.93. The summed E-state index contributed by atoms with van der Waals surface area (Å²) >= 11 is 5.79. The summed E-state index contributed by atoms with van der Waals surface area (Å²) in [6.45, 7) is 1.87. The van der Waals surface area contributed by atoms with Gasteiger partial charge in [-0.2, -0.15) is 0 Å². The minimum atomic E-state index is -2.93. The Bertz CT molecular complexity index is 456. The molecule has 5 heteroatoms. The third-order valence-corrected chi connectivity index (χ3v) is 4.87. The van der Waals surface area contributed by atoms with Crippen molar-refractivity contribution in [2.75, 3.05) is 11.5 Å². The summed E-state index contributed by atoms with van der Waals surface area (Å²) in [6.07, 6.45) is 1.85. The smallest absolute Gasteiger partial charge is 0.150 e. The lowest BCUT2D eigenvalue weighted by Crippen LogP contribution is -2.26. The number of nitrogens with two attached hydrogens (primary N) is 1. The monoisotopic (exact) mass is 289 g/mol. The highest BCUT2D eigenvalue weighted by Gasteiger charge is 2.12. The second-order valence-corrected chi connectivity index (χ2v) is 7.27. The molecule has 2 N–H and O–H groups in total. The average molecular weight is 290 g/mol. The largest absolute Gasteiger partial charge is 0.327 e. The van der Waals surface area contributed by atoms with Crippen molar-refractivity contribution in [3.8, 4) is 0 Å². The lowest BCUT2D eigenvalue weighted by Gasteiger charge is -2.11. The van der Waals surface area contributed by atoms with Gasteiger partial charge in [0.2, 0.25) is 0 Å². The molecule has 0 aliphatic carbocycles. The summed E-state index contributed by atoms with van der Waals surface area (Å²) in [6, 6.07) is 7.35. The molecule has 0 amide bonds. The van der Waals surface area contributed by atoms with Crippen LogP contribution in [0.1, 0.15) is 25.3 Å². The maximum Gasteiger partial charge on any atom is 0.150 e. The molecule has 1 unspecified atom stereocenters. The van der Waals surface area contributed by atoms with Gasteiger partial charge in [-0.3, -0.25) is 0 Å². The van der Waals surface area contributed by atoms with Crippen molar-refractivity contribution in [1.29, 1.82) is 0 Å². The van der Waals surface area contributed by atoms with Gasteiger partial charge < -0.3 is 5.73 Å². The van der Waals surface area contributed by atoms with Crippen LogP contribution < -0.4 is 5.73 Å². The number of halogens is 1. The molecule has 0 aliphatic heterocycles. The Morgan fingerprint density at radius 3 is 2.39 bits per heavy atom. The second-order valence-electron chi connectivity index (χ2n) is 4.53. The van der Waals surface area contributed by atoms with E-state index in [1.54, 1.807) is 0 Å². The van der Waals surface area contributed by atoms with Crippen LogP contribution in [0.4, 0.5) is 0 Å². The van der Waals surface area contributed by atoms with Crippen LogP contribution in [0.25, 0.3) is 0 Å². The van der Waals surface area contributed by atoms with E-state index < -0.39 is 9.84 Å². The molecule has 1 aromatic carbocycles. The first kappa shape index (κ1) is 15.5. The van der Waals surface area contributed by atoms with Crippen LogP contribution in [-0.2, 0) is 16.3 Å². The molecule has 18 heavy (non-hydrogen) atoms. The predicted octanol–water partition coefficient (Wildman–Crippen LogP) is 2.42. The highest BCUT2D eigenvalue weighted by Crippen LogP contribution is 2.12. The zero-order valence-corrected chi connectivity index (χ0v) is 12.2. The molecular weight excluding hydrogens is 270 g/mol. The molecule has 1 atom stereocenters. The third-order valence-electron chi connectivity index (χ3n) is 2.73. The Hall–Kier alpha value is -0.580. The number of hydrogen-bond acceptors (Lipinski definition) is 3. The lowest BCUT2D eigenvalue weighted by molar-refractivity contribution is 0.579. The summed E-state index contributed by atoms with van der Waals surface area (Å²) in [5.74, 6) is 0.427. The molecule has 0 aliphatic rings. The molecule has 0 bridgehead atoms. The summed E-state index contributed by atoms with van der Waals surface area (Å²) in [5, 5.41) is 0.692. The van der Waals surface area contributed by atoms with E-state index >= 15 is 0 Å². The summed E-state index contributed by atoms with van der Waals surface area (Å²) in [5.41, 5.74) is 7.03. The van der Waals surface area contributed by atoms with E-state index in [2.05, 4.69) is 0 Å². The van der Waals surface area contributed by atoms with Crippen LogP contribution in [0, 0.1) is 0 Å². The molecule has 0 radical (unpaired) electrons. The van der Waals surface area contributed by atoms with E-state index in [0.29, 0.717) is 24.3 Å². The van der Waals surface area contributed by atoms with E-state index in [1.807, 2.05) is 31.2 Å². The first-order valence-electron chi connectivity index (χ1n) is 6.13. The maximum absolute atomic E-state index is 11.6.